The highest BCUT2D eigenvalue weighted by molar-refractivity contribution is 5.70. The molecule has 1 aliphatic heterocycles. The summed E-state index contributed by atoms with van der Waals surface area (Å²) in [4.78, 5) is 15.8. The third-order valence-corrected chi connectivity index (χ3v) is 6.27. The van der Waals surface area contributed by atoms with E-state index in [0.29, 0.717) is 5.92 Å². The third kappa shape index (κ3) is 5.35. The van der Waals surface area contributed by atoms with Crippen LogP contribution in [0, 0.1) is 19.8 Å². The summed E-state index contributed by atoms with van der Waals surface area (Å²) in [5.41, 5.74) is 7.99. The van der Waals surface area contributed by atoms with Crippen molar-refractivity contribution >= 4 is 11.7 Å². The summed E-state index contributed by atoms with van der Waals surface area (Å²) in [5, 5.41) is 16.5. The number of hydrogen-bond acceptors (Lipinski definition) is 4. The molecule has 3 aromatic rings. The molecule has 0 saturated heterocycles. The van der Waals surface area contributed by atoms with Crippen LogP contribution in [0.25, 0.3) is 0 Å². The summed E-state index contributed by atoms with van der Waals surface area (Å²) in [6.07, 6.45) is 3.80. The van der Waals surface area contributed by atoms with Gasteiger partial charge in [-0.25, -0.2) is 0 Å². The van der Waals surface area contributed by atoms with Gasteiger partial charge in [0.2, 0.25) is 0 Å². The van der Waals surface area contributed by atoms with Crippen LogP contribution < -0.4 is 10.6 Å². The Morgan fingerprint density at radius 1 is 1.19 bits per heavy atom. The van der Waals surface area contributed by atoms with Gasteiger partial charge < -0.3 is 15.7 Å². The fourth-order valence-corrected chi connectivity index (χ4v) is 4.57. The zero-order valence-electron chi connectivity index (χ0n) is 18.8. The number of fused-ring (bicyclic) bond motifs is 1. The van der Waals surface area contributed by atoms with Gasteiger partial charge in [0.1, 0.15) is 0 Å². The van der Waals surface area contributed by atoms with Gasteiger partial charge in [0.15, 0.2) is 0 Å². The highest BCUT2D eigenvalue weighted by Gasteiger charge is 2.28. The van der Waals surface area contributed by atoms with Crippen molar-refractivity contribution in [2.45, 2.75) is 39.2 Å². The van der Waals surface area contributed by atoms with Crippen LogP contribution in [0.5, 0.6) is 0 Å². The van der Waals surface area contributed by atoms with E-state index in [9.17, 15) is 4.79 Å². The zero-order chi connectivity index (χ0) is 22.5. The minimum atomic E-state index is -0.795. The summed E-state index contributed by atoms with van der Waals surface area (Å²) in [5.74, 6) is -0.407. The molecule has 2 heterocycles. The molecule has 5 nitrogen and oxygen atoms in total. The van der Waals surface area contributed by atoms with Gasteiger partial charge >= 0.3 is 5.97 Å². The molecule has 2 atom stereocenters. The molecule has 32 heavy (non-hydrogen) atoms. The van der Waals surface area contributed by atoms with Crippen molar-refractivity contribution in [3.63, 3.8) is 0 Å². The molecule has 1 aromatic heterocycles. The summed E-state index contributed by atoms with van der Waals surface area (Å²) in [7, 11) is 0. The molecule has 0 aliphatic carbocycles. The highest BCUT2D eigenvalue weighted by atomic mass is 16.4. The number of nitrogens with zero attached hydrogens (tertiary/aromatic N) is 1. The van der Waals surface area contributed by atoms with Gasteiger partial charge in [0.25, 0.3) is 0 Å². The minimum absolute atomic E-state index is 0.0625. The lowest BCUT2D eigenvalue weighted by molar-refractivity contribution is -0.136. The van der Waals surface area contributed by atoms with Crippen LogP contribution in [0.15, 0.2) is 60.8 Å². The maximum Gasteiger partial charge on any atom is 0.307 e. The van der Waals surface area contributed by atoms with Gasteiger partial charge in [-0.05, 0) is 67.1 Å². The second-order valence-electron chi connectivity index (χ2n) is 8.78. The van der Waals surface area contributed by atoms with Crippen molar-refractivity contribution in [1.29, 1.82) is 0 Å². The van der Waals surface area contributed by atoms with E-state index >= 15 is 0 Å². The SMILES string of the molecule is Cc1cnc2c(c1)NC[C@@H]([C@H](NCCc1cc(CC(=O)O)ccc1C)c1ccccc1)C2. The lowest BCUT2D eigenvalue weighted by Crippen LogP contribution is -2.37. The van der Waals surface area contributed by atoms with Gasteiger partial charge in [-0.1, -0.05) is 48.5 Å². The second-order valence-corrected chi connectivity index (χ2v) is 8.78. The van der Waals surface area contributed by atoms with Crippen molar-refractivity contribution in [3.05, 3.63) is 94.3 Å². The molecule has 166 valence electrons. The van der Waals surface area contributed by atoms with Crippen LogP contribution >= 0.6 is 0 Å². The summed E-state index contributed by atoms with van der Waals surface area (Å²) < 4.78 is 0. The molecular weight excluding hydrogens is 398 g/mol. The molecule has 4 rings (SSSR count). The first-order valence-electron chi connectivity index (χ1n) is 11.3. The molecule has 0 amide bonds. The Hall–Kier alpha value is -3.18. The van der Waals surface area contributed by atoms with Crippen molar-refractivity contribution in [2.24, 2.45) is 5.92 Å². The fraction of sp³-hybridized carbons (Fsp3) is 0.333. The Kier molecular flexibility index (Phi) is 6.86. The smallest absolute Gasteiger partial charge is 0.307 e. The predicted molar refractivity (Wildman–Crippen MR) is 128 cm³/mol. The van der Waals surface area contributed by atoms with E-state index in [0.717, 1.165) is 42.9 Å². The first-order chi connectivity index (χ1) is 15.5. The molecule has 0 unspecified atom stereocenters. The molecule has 5 heteroatoms. The largest absolute Gasteiger partial charge is 0.481 e. The standard InChI is InChI=1S/C27H31N3O2/c1-18-12-24-25(29-16-18)15-23(17-30-24)27(21-6-4-3-5-7-21)28-11-10-22-13-20(14-26(31)32)9-8-19(22)2/h3-9,12-13,16,23,27-28,30H,10-11,14-15,17H2,1-2H3,(H,31,32)/t23-,27+/m0/s1. The number of anilines is 1. The summed E-state index contributed by atoms with van der Waals surface area (Å²) in [6, 6.07) is 19.0. The molecule has 0 bridgehead atoms. The molecule has 1 aliphatic rings. The van der Waals surface area contributed by atoms with Gasteiger partial charge in [0, 0.05) is 24.7 Å². The van der Waals surface area contributed by atoms with Gasteiger partial charge in [-0.15, -0.1) is 0 Å². The Labute approximate surface area is 189 Å². The van der Waals surface area contributed by atoms with E-state index in [1.807, 2.05) is 24.4 Å². The fourth-order valence-electron chi connectivity index (χ4n) is 4.57. The van der Waals surface area contributed by atoms with Crippen LogP contribution in [0.1, 0.15) is 39.6 Å². The lowest BCUT2D eigenvalue weighted by Gasteiger charge is -2.33. The van der Waals surface area contributed by atoms with E-state index in [-0.39, 0.29) is 12.5 Å². The Bertz CT molecular complexity index is 1080. The average Bonchev–Trinajstić information content (AvgIpc) is 2.78. The number of carboxylic acids is 1. The van der Waals surface area contributed by atoms with Gasteiger partial charge in [-0.3, -0.25) is 9.78 Å². The van der Waals surface area contributed by atoms with Crippen LogP contribution in [-0.2, 0) is 24.1 Å². The monoisotopic (exact) mass is 429 g/mol. The number of aromatic nitrogens is 1. The maximum absolute atomic E-state index is 11.1. The van der Waals surface area contributed by atoms with Crippen molar-refractivity contribution in [3.8, 4) is 0 Å². The number of hydrogen-bond donors (Lipinski definition) is 3. The van der Waals surface area contributed by atoms with Gasteiger partial charge in [0.05, 0.1) is 17.8 Å². The number of rotatable bonds is 8. The molecule has 0 radical (unpaired) electrons. The molecule has 3 N–H and O–H groups in total. The highest BCUT2D eigenvalue weighted by Crippen LogP contribution is 2.31. The first-order valence-corrected chi connectivity index (χ1v) is 11.3. The number of pyridine rings is 1. The quantitative estimate of drug-likeness (QED) is 0.492. The number of carboxylic acid groups (broad SMARTS) is 1. The van der Waals surface area contributed by atoms with Gasteiger partial charge in [-0.2, -0.15) is 0 Å². The third-order valence-electron chi connectivity index (χ3n) is 6.27. The Balaban J connectivity index is 1.48. The predicted octanol–water partition coefficient (Wildman–Crippen LogP) is 4.48. The van der Waals surface area contributed by atoms with Crippen molar-refractivity contribution < 1.29 is 9.90 Å². The number of nitrogens with one attached hydrogen (secondary N) is 2. The van der Waals surface area contributed by atoms with Crippen LogP contribution in [-0.4, -0.2) is 29.1 Å². The Morgan fingerprint density at radius 2 is 2.00 bits per heavy atom. The number of aryl methyl sites for hydroxylation is 2. The first kappa shape index (κ1) is 22.0. The zero-order valence-corrected chi connectivity index (χ0v) is 18.8. The van der Waals surface area contributed by atoms with E-state index in [1.54, 1.807) is 0 Å². The minimum Gasteiger partial charge on any atom is -0.481 e. The number of aliphatic carboxylic acids is 1. The van der Waals surface area contributed by atoms with E-state index < -0.39 is 5.97 Å². The van der Waals surface area contributed by atoms with E-state index in [4.69, 9.17) is 5.11 Å². The second kappa shape index (κ2) is 9.96. The normalized spacial score (nSPS) is 16.1. The maximum atomic E-state index is 11.1. The molecular formula is C27H31N3O2. The van der Waals surface area contributed by atoms with Crippen molar-refractivity contribution in [2.75, 3.05) is 18.4 Å². The lowest BCUT2D eigenvalue weighted by atomic mass is 9.86. The van der Waals surface area contributed by atoms with E-state index in [2.05, 4.69) is 65.9 Å². The molecule has 0 saturated carbocycles. The summed E-state index contributed by atoms with van der Waals surface area (Å²) in [6.45, 7) is 5.88. The molecule has 2 aromatic carbocycles. The van der Waals surface area contributed by atoms with Crippen LogP contribution in [0.2, 0.25) is 0 Å². The number of benzene rings is 2. The Morgan fingerprint density at radius 3 is 2.78 bits per heavy atom. The molecule has 0 fully saturated rings. The molecule has 0 spiro atoms. The van der Waals surface area contributed by atoms with Crippen LogP contribution in [0.3, 0.4) is 0 Å². The van der Waals surface area contributed by atoms with Crippen LogP contribution in [0.4, 0.5) is 5.69 Å². The van der Waals surface area contributed by atoms with Crippen molar-refractivity contribution in [1.82, 2.24) is 10.3 Å². The number of carbonyl (C=O) groups is 1. The topological polar surface area (TPSA) is 74.2 Å². The summed E-state index contributed by atoms with van der Waals surface area (Å²) >= 11 is 0. The average molecular weight is 430 g/mol. The van der Waals surface area contributed by atoms with E-state index in [1.165, 1.54) is 22.3 Å².